The number of hydrogen-bond acceptors (Lipinski definition) is 3. The Bertz CT molecular complexity index is 513. The van der Waals surface area contributed by atoms with Crippen molar-refractivity contribution in [2.24, 2.45) is 5.73 Å². The Labute approximate surface area is 120 Å². The van der Waals surface area contributed by atoms with E-state index in [4.69, 9.17) is 10.5 Å². The lowest BCUT2D eigenvalue weighted by Crippen LogP contribution is -2.29. The summed E-state index contributed by atoms with van der Waals surface area (Å²) in [6.07, 6.45) is 2.02. The summed E-state index contributed by atoms with van der Waals surface area (Å²) in [5, 5.41) is 3.47. The lowest BCUT2D eigenvalue weighted by Gasteiger charge is -2.19. The molecule has 20 heavy (non-hydrogen) atoms. The second-order valence-corrected chi connectivity index (χ2v) is 4.80. The maximum atomic E-state index is 5.87. The largest absolute Gasteiger partial charge is 0.495 e. The molecule has 0 radical (unpaired) electrons. The van der Waals surface area contributed by atoms with Crippen LogP contribution in [0.3, 0.4) is 0 Å². The molecule has 3 N–H and O–H groups in total. The van der Waals surface area contributed by atoms with Crippen molar-refractivity contribution in [3.8, 4) is 5.75 Å². The van der Waals surface area contributed by atoms with E-state index in [-0.39, 0.29) is 6.04 Å². The van der Waals surface area contributed by atoms with Crippen molar-refractivity contribution in [3.05, 3.63) is 60.2 Å². The Kier molecular flexibility index (Phi) is 5.44. The van der Waals surface area contributed by atoms with Crippen LogP contribution in [-0.2, 0) is 6.42 Å². The molecule has 0 amide bonds. The van der Waals surface area contributed by atoms with Crippen molar-refractivity contribution < 1.29 is 4.74 Å². The summed E-state index contributed by atoms with van der Waals surface area (Å²) in [6.45, 7) is 0.602. The Morgan fingerprint density at radius 3 is 2.45 bits per heavy atom. The lowest BCUT2D eigenvalue weighted by molar-refractivity contribution is 0.415. The number of aryl methyl sites for hydroxylation is 1. The fraction of sp³-hybridized carbons (Fsp3) is 0.294. The van der Waals surface area contributed by atoms with Gasteiger partial charge in [0, 0.05) is 12.6 Å². The van der Waals surface area contributed by atoms with Gasteiger partial charge < -0.3 is 15.8 Å². The zero-order valence-electron chi connectivity index (χ0n) is 11.9. The van der Waals surface area contributed by atoms with Crippen molar-refractivity contribution in [1.82, 2.24) is 0 Å². The van der Waals surface area contributed by atoms with E-state index in [0.29, 0.717) is 6.54 Å². The summed E-state index contributed by atoms with van der Waals surface area (Å²) >= 11 is 0. The highest BCUT2D eigenvalue weighted by Gasteiger charge is 2.09. The minimum Gasteiger partial charge on any atom is -0.495 e. The van der Waals surface area contributed by atoms with Gasteiger partial charge in [0.25, 0.3) is 0 Å². The van der Waals surface area contributed by atoms with Crippen molar-refractivity contribution in [1.29, 1.82) is 0 Å². The molecule has 0 fully saturated rings. The smallest absolute Gasteiger partial charge is 0.141 e. The van der Waals surface area contributed by atoms with Gasteiger partial charge in [-0.05, 0) is 30.5 Å². The molecule has 106 valence electrons. The summed E-state index contributed by atoms with van der Waals surface area (Å²) in [7, 11) is 1.68. The maximum Gasteiger partial charge on any atom is 0.141 e. The third-order valence-corrected chi connectivity index (χ3v) is 3.38. The van der Waals surface area contributed by atoms with Crippen molar-refractivity contribution in [2.45, 2.75) is 18.9 Å². The van der Waals surface area contributed by atoms with E-state index < -0.39 is 0 Å². The van der Waals surface area contributed by atoms with Gasteiger partial charge >= 0.3 is 0 Å². The van der Waals surface area contributed by atoms with Crippen LogP contribution in [-0.4, -0.2) is 19.7 Å². The molecule has 0 saturated carbocycles. The molecule has 2 rings (SSSR count). The van der Waals surface area contributed by atoms with Gasteiger partial charge in [-0.2, -0.15) is 0 Å². The SMILES string of the molecule is COc1ccccc1NC(CN)CCc1ccccc1. The first-order valence-electron chi connectivity index (χ1n) is 6.97. The van der Waals surface area contributed by atoms with E-state index in [0.717, 1.165) is 24.3 Å². The quantitative estimate of drug-likeness (QED) is 0.813. The molecule has 3 heteroatoms. The second kappa shape index (κ2) is 7.56. The molecular formula is C17H22N2O. The second-order valence-electron chi connectivity index (χ2n) is 4.80. The number of methoxy groups -OCH3 is 1. The Balaban J connectivity index is 1.95. The number of rotatable bonds is 7. The summed E-state index contributed by atoms with van der Waals surface area (Å²) in [5.74, 6) is 0.852. The lowest BCUT2D eigenvalue weighted by atomic mass is 10.0. The first-order chi connectivity index (χ1) is 9.83. The first kappa shape index (κ1) is 14.4. The first-order valence-corrected chi connectivity index (χ1v) is 6.97. The standard InChI is InChI=1S/C17H22N2O/c1-20-17-10-6-5-9-16(17)19-15(13-18)12-11-14-7-3-2-4-8-14/h2-10,15,19H,11-13,18H2,1H3. The van der Waals surface area contributed by atoms with Crippen LogP contribution >= 0.6 is 0 Å². The monoisotopic (exact) mass is 270 g/mol. The molecular weight excluding hydrogens is 248 g/mol. The van der Waals surface area contributed by atoms with Crippen molar-refractivity contribution in [3.63, 3.8) is 0 Å². The zero-order valence-corrected chi connectivity index (χ0v) is 11.9. The van der Waals surface area contributed by atoms with Gasteiger partial charge in [-0.3, -0.25) is 0 Å². The number of ether oxygens (including phenoxy) is 1. The number of hydrogen-bond donors (Lipinski definition) is 2. The molecule has 0 aliphatic carbocycles. The fourth-order valence-corrected chi connectivity index (χ4v) is 2.22. The molecule has 0 heterocycles. The van der Waals surface area contributed by atoms with Gasteiger partial charge in [0.05, 0.1) is 12.8 Å². The summed E-state index contributed by atoms with van der Waals surface area (Å²) < 4.78 is 5.35. The minimum absolute atomic E-state index is 0.242. The summed E-state index contributed by atoms with van der Waals surface area (Å²) in [5.41, 5.74) is 8.21. The third-order valence-electron chi connectivity index (χ3n) is 3.38. The molecule has 0 aliphatic heterocycles. The maximum absolute atomic E-state index is 5.87. The van der Waals surface area contributed by atoms with Crippen LogP contribution in [0.15, 0.2) is 54.6 Å². The van der Waals surface area contributed by atoms with Crippen molar-refractivity contribution in [2.75, 3.05) is 19.0 Å². The zero-order chi connectivity index (χ0) is 14.2. The van der Waals surface area contributed by atoms with Crippen LogP contribution in [0, 0.1) is 0 Å². The van der Waals surface area contributed by atoms with Gasteiger partial charge in [-0.25, -0.2) is 0 Å². The predicted octanol–water partition coefficient (Wildman–Crippen LogP) is 3.07. The highest BCUT2D eigenvalue weighted by atomic mass is 16.5. The molecule has 0 saturated heterocycles. The molecule has 1 atom stereocenters. The number of para-hydroxylation sites is 2. The number of nitrogens with one attached hydrogen (secondary N) is 1. The normalized spacial score (nSPS) is 11.9. The molecule has 3 nitrogen and oxygen atoms in total. The van der Waals surface area contributed by atoms with E-state index >= 15 is 0 Å². The van der Waals surface area contributed by atoms with E-state index in [1.54, 1.807) is 7.11 Å². The predicted molar refractivity (Wildman–Crippen MR) is 84.2 cm³/mol. The van der Waals surface area contributed by atoms with Crippen LogP contribution < -0.4 is 15.8 Å². The molecule has 0 aromatic heterocycles. The average molecular weight is 270 g/mol. The molecule has 0 spiro atoms. The van der Waals surface area contributed by atoms with Gasteiger partial charge in [-0.15, -0.1) is 0 Å². The molecule has 2 aromatic rings. The Hall–Kier alpha value is -2.00. The average Bonchev–Trinajstić information content (AvgIpc) is 2.52. The van der Waals surface area contributed by atoms with E-state index in [9.17, 15) is 0 Å². The van der Waals surface area contributed by atoms with Crippen LogP contribution in [0.2, 0.25) is 0 Å². The molecule has 1 unspecified atom stereocenters. The van der Waals surface area contributed by atoms with Gasteiger partial charge in [-0.1, -0.05) is 42.5 Å². The Morgan fingerprint density at radius 2 is 1.75 bits per heavy atom. The number of nitrogens with two attached hydrogens (primary N) is 1. The van der Waals surface area contributed by atoms with Crippen LogP contribution in [0.1, 0.15) is 12.0 Å². The van der Waals surface area contributed by atoms with Gasteiger partial charge in [0.2, 0.25) is 0 Å². The van der Waals surface area contributed by atoms with Gasteiger partial charge in [0.1, 0.15) is 5.75 Å². The summed E-state index contributed by atoms with van der Waals surface area (Å²) in [4.78, 5) is 0. The van der Waals surface area contributed by atoms with E-state index in [1.165, 1.54) is 5.56 Å². The number of anilines is 1. The van der Waals surface area contributed by atoms with Crippen LogP contribution in [0.5, 0.6) is 5.75 Å². The van der Waals surface area contributed by atoms with Crippen molar-refractivity contribution >= 4 is 5.69 Å². The fourth-order valence-electron chi connectivity index (χ4n) is 2.22. The van der Waals surface area contributed by atoms with Crippen LogP contribution in [0.4, 0.5) is 5.69 Å². The highest BCUT2D eigenvalue weighted by molar-refractivity contribution is 5.56. The van der Waals surface area contributed by atoms with E-state index in [2.05, 4.69) is 29.6 Å². The Morgan fingerprint density at radius 1 is 1.05 bits per heavy atom. The third kappa shape index (κ3) is 4.00. The molecule has 0 bridgehead atoms. The highest BCUT2D eigenvalue weighted by Crippen LogP contribution is 2.24. The van der Waals surface area contributed by atoms with Gasteiger partial charge in [0.15, 0.2) is 0 Å². The van der Waals surface area contributed by atoms with Crippen LogP contribution in [0.25, 0.3) is 0 Å². The molecule has 2 aromatic carbocycles. The number of benzene rings is 2. The summed E-state index contributed by atoms with van der Waals surface area (Å²) in [6, 6.07) is 18.6. The topological polar surface area (TPSA) is 47.3 Å². The van der Waals surface area contributed by atoms with E-state index in [1.807, 2.05) is 30.3 Å². The molecule has 0 aliphatic rings. The minimum atomic E-state index is 0.242.